The van der Waals surface area contributed by atoms with Crippen LogP contribution in [0, 0.1) is 0 Å². The normalized spacial score (nSPS) is 19.3. The summed E-state index contributed by atoms with van der Waals surface area (Å²) in [5.74, 6) is -0.196. The monoisotopic (exact) mass is 343 g/mol. The number of amides is 2. The number of furan rings is 1. The average Bonchev–Trinajstić information content (AvgIpc) is 3.21. The predicted octanol–water partition coefficient (Wildman–Crippen LogP) is 2.88. The summed E-state index contributed by atoms with van der Waals surface area (Å²) in [5, 5.41) is 2.75. The van der Waals surface area contributed by atoms with Gasteiger partial charge in [0.25, 0.3) is 5.91 Å². The van der Waals surface area contributed by atoms with Crippen LogP contribution in [0.25, 0.3) is 0 Å². The standard InChI is InChI=1S/C19H25N3O3/c1-14(20-18(23)17-10-7-13-25-17)19(24)22-12-5-3-4-8-16(22)15-9-6-11-21(15)2/h6-7,9-11,13-14,16H,3-5,8,12H2,1-2H3,(H,20,23)/t14-,16+/m0/s1. The molecule has 1 aliphatic heterocycles. The lowest BCUT2D eigenvalue weighted by atomic mass is 10.1. The number of hydrogen-bond donors (Lipinski definition) is 1. The molecule has 1 fully saturated rings. The number of likely N-dealkylation sites (tertiary alicyclic amines) is 1. The first-order valence-electron chi connectivity index (χ1n) is 8.84. The molecule has 0 aromatic carbocycles. The Labute approximate surface area is 147 Å². The second-order valence-corrected chi connectivity index (χ2v) is 6.61. The molecule has 2 amide bonds. The molecule has 6 nitrogen and oxygen atoms in total. The van der Waals surface area contributed by atoms with Gasteiger partial charge in [-0.15, -0.1) is 0 Å². The SMILES string of the molecule is C[C@H](NC(=O)c1ccco1)C(=O)N1CCCCC[C@@H]1c1cccn1C. The van der Waals surface area contributed by atoms with Crippen LogP contribution in [0.15, 0.2) is 41.1 Å². The van der Waals surface area contributed by atoms with Gasteiger partial charge in [-0.2, -0.15) is 0 Å². The van der Waals surface area contributed by atoms with Crippen LogP contribution in [0.2, 0.25) is 0 Å². The minimum Gasteiger partial charge on any atom is -0.459 e. The number of rotatable bonds is 4. The van der Waals surface area contributed by atoms with Crippen molar-refractivity contribution in [2.75, 3.05) is 6.54 Å². The number of aryl methyl sites for hydroxylation is 1. The van der Waals surface area contributed by atoms with Crippen molar-refractivity contribution in [3.8, 4) is 0 Å². The molecular formula is C19H25N3O3. The number of hydrogen-bond acceptors (Lipinski definition) is 3. The second-order valence-electron chi connectivity index (χ2n) is 6.61. The van der Waals surface area contributed by atoms with Gasteiger partial charge in [0.05, 0.1) is 12.3 Å². The van der Waals surface area contributed by atoms with E-state index in [9.17, 15) is 9.59 Å². The van der Waals surface area contributed by atoms with Gasteiger partial charge in [0.2, 0.25) is 5.91 Å². The lowest BCUT2D eigenvalue weighted by Gasteiger charge is -2.32. The number of aromatic nitrogens is 1. The lowest BCUT2D eigenvalue weighted by Crippen LogP contribution is -2.48. The summed E-state index contributed by atoms with van der Waals surface area (Å²) in [6.07, 6.45) is 7.62. The highest BCUT2D eigenvalue weighted by atomic mass is 16.3. The smallest absolute Gasteiger partial charge is 0.287 e. The molecule has 1 aliphatic rings. The van der Waals surface area contributed by atoms with Crippen molar-refractivity contribution in [2.45, 2.75) is 44.7 Å². The van der Waals surface area contributed by atoms with E-state index in [1.54, 1.807) is 19.1 Å². The number of carbonyl (C=O) groups is 2. The minimum absolute atomic E-state index is 0.0481. The number of nitrogens with one attached hydrogen (secondary N) is 1. The zero-order valence-electron chi connectivity index (χ0n) is 14.8. The summed E-state index contributed by atoms with van der Waals surface area (Å²) < 4.78 is 7.17. The summed E-state index contributed by atoms with van der Waals surface area (Å²) in [6, 6.07) is 6.77. The molecule has 6 heteroatoms. The Bertz CT molecular complexity index is 720. The predicted molar refractivity (Wildman–Crippen MR) is 94.0 cm³/mol. The largest absolute Gasteiger partial charge is 0.459 e. The van der Waals surface area contributed by atoms with Crippen LogP contribution in [0.3, 0.4) is 0 Å². The number of nitrogens with zero attached hydrogens (tertiary/aromatic N) is 2. The van der Waals surface area contributed by atoms with Crippen LogP contribution in [-0.4, -0.2) is 33.9 Å². The van der Waals surface area contributed by atoms with Gasteiger partial charge < -0.3 is 19.2 Å². The van der Waals surface area contributed by atoms with Crippen LogP contribution in [-0.2, 0) is 11.8 Å². The number of carbonyl (C=O) groups excluding carboxylic acids is 2. The lowest BCUT2D eigenvalue weighted by molar-refractivity contribution is -0.135. The maximum Gasteiger partial charge on any atom is 0.287 e. The van der Waals surface area contributed by atoms with E-state index in [-0.39, 0.29) is 23.6 Å². The Morgan fingerprint density at radius 1 is 1.24 bits per heavy atom. The first-order chi connectivity index (χ1) is 12.1. The Hall–Kier alpha value is -2.50. The third kappa shape index (κ3) is 3.78. The van der Waals surface area contributed by atoms with Gasteiger partial charge in [-0.25, -0.2) is 0 Å². The highest BCUT2D eigenvalue weighted by molar-refractivity contribution is 5.95. The van der Waals surface area contributed by atoms with Crippen molar-refractivity contribution in [3.63, 3.8) is 0 Å². The fourth-order valence-electron chi connectivity index (χ4n) is 3.49. The van der Waals surface area contributed by atoms with E-state index in [0.717, 1.165) is 37.9 Å². The van der Waals surface area contributed by atoms with Crippen LogP contribution in [0.4, 0.5) is 0 Å². The zero-order chi connectivity index (χ0) is 17.8. The zero-order valence-corrected chi connectivity index (χ0v) is 14.8. The van der Waals surface area contributed by atoms with Gasteiger partial charge in [0, 0.05) is 25.5 Å². The third-order valence-electron chi connectivity index (χ3n) is 4.82. The van der Waals surface area contributed by atoms with Gasteiger partial charge in [-0.1, -0.05) is 12.8 Å². The van der Waals surface area contributed by atoms with Crippen molar-refractivity contribution in [3.05, 3.63) is 48.2 Å². The van der Waals surface area contributed by atoms with Gasteiger partial charge >= 0.3 is 0 Å². The van der Waals surface area contributed by atoms with E-state index < -0.39 is 6.04 Å². The second kappa shape index (κ2) is 7.59. The summed E-state index contributed by atoms with van der Waals surface area (Å²) in [4.78, 5) is 27.1. The summed E-state index contributed by atoms with van der Waals surface area (Å²) in [7, 11) is 2.00. The molecule has 0 bridgehead atoms. The van der Waals surface area contributed by atoms with Crippen molar-refractivity contribution in [1.82, 2.24) is 14.8 Å². The molecule has 2 aromatic heterocycles. The van der Waals surface area contributed by atoms with Crippen LogP contribution in [0.1, 0.15) is 54.9 Å². The quantitative estimate of drug-likeness (QED) is 0.928. The highest BCUT2D eigenvalue weighted by Gasteiger charge is 2.31. The van der Waals surface area contributed by atoms with E-state index in [4.69, 9.17) is 4.42 Å². The van der Waals surface area contributed by atoms with Crippen LogP contribution in [0.5, 0.6) is 0 Å². The topological polar surface area (TPSA) is 67.5 Å². The Balaban J connectivity index is 1.75. The molecule has 2 aromatic rings. The molecule has 0 unspecified atom stereocenters. The van der Waals surface area contributed by atoms with Crippen LogP contribution < -0.4 is 5.32 Å². The molecule has 134 valence electrons. The highest BCUT2D eigenvalue weighted by Crippen LogP contribution is 2.30. The van der Waals surface area contributed by atoms with Gasteiger partial charge in [0.15, 0.2) is 5.76 Å². The Morgan fingerprint density at radius 3 is 2.76 bits per heavy atom. The molecule has 0 aliphatic carbocycles. The fourth-order valence-corrected chi connectivity index (χ4v) is 3.49. The molecule has 3 heterocycles. The molecule has 0 spiro atoms. The minimum atomic E-state index is -0.599. The third-order valence-corrected chi connectivity index (χ3v) is 4.82. The van der Waals surface area contributed by atoms with Gasteiger partial charge in [0.1, 0.15) is 6.04 Å². The van der Waals surface area contributed by atoms with Crippen molar-refractivity contribution in [1.29, 1.82) is 0 Å². The molecule has 25 heavy (non-hydrogen) atoms. The van der Waals surface area contributed by atoms with E-state index >= 15 is 0 Å². The molecule has 3 rings (SSSR count). The molecule has 1 N–H and O–H groups in total. The summed E-state index contributed by atoms with van der Waals surface area (Å²) in [5.41, 5.74) is 1.14. The van der Waals surface area contributed by atoms with Crippen molar-refractivity contribution < 1.29 is 14.0 Å². The average molecular weight is 343 g/mol. The van der Waals surface area contributed by atoms with E-state index in [1.165, 1.54) is 6.26 Å². The Kier molecular flexibility index (Phi) is 5.26. The maximum atomic E-state index is 13.0. The molecule has 0 radical (unpaired) electrons. The van der Waals surface area contributed by atoms with E-state index in [2.05, 4.69) is 16.0 Å². The van der Waals surface area contributed by atoms with Crippen molar-refractivity contribution in [2.24, 2.45) is 7.05 Å². The first kappa shape index (κ1) is 17.3. The Morgan fingerprint density at radius 2 is 2.08 bits per heavy atom. The van der Waals surface area contributed by atoms with Gasteiger partial charge in [-0.05, 0) is 44.0 Å². The van der Waals surface area contributed by atoms with Crippen molar-refractivity contribution >= 4 is 11.8 Å². The summed E-state index contributed by atoms with van der Waals surface area (Å²) >= 11 is 0. The molecular weight excluding hydrogens is 318 g/mol. The fraction of sp³-hybridized carbons (Fsp3) is 0.474. The van der Waals surface area contributed by atoms with E-state index in [0.29, 0.717) is 0 Å². The molecule has 1 saturated heterocycles. The van der Waals surface area contributed by atoms with E-state index in [1.807, 2.05) is 24.2 Å². The van der Waals surface area contributed by atoms with Gasteiger partial charge in [-0.3, -0.25) is 9.59 Å². The molecule has 0 saturated carbocycles. The summed E-state index contributed by atoms with van der Waals surface area (Å²) in [6.45, 7) is 2.45. The maximum absolute atomic E-state index is 13.0. The molecule has 2 atom stereocenters. The first-order valence-corrected chi connectivity index (χ1v) is 8.84. The van der Waals surface area contributed by atoms with Crippen LogP contribution >= 0.6 is 0 Å².